The second-order valence-electron chi connectivity index (χ2n) is 4.63. The highest BCUT2D eigenvalue weighted by Gasteiger charge is 2.33. The molecule has 0 spiro atoms. The number of ether oxygens (including phenoxy) is 3. The molecule has 0 fully saturated rings. The molecule has 1 aliphatic rings. The Morgan fingerprint density at radius 3 is 2.57 bits per heavy atom. The molecule has 0 atom stereocenters. The van der Waals surface area contributed by atoms with Crippen molar-refractivity contribution in [1.82, 2.24) is 0 Å². The minimum Gasteiger partial charge on any atom is -0.466 e. The molecule has 0 amide bonds. The van der Waals surface area contributed by atoms with Gasteiger partial charge in [0.2, 0.25) is 0 Å². The Morgan fingerprint density at radius 1 is 1.26 bits per heavy atom. The minimum absolute atomic E-state index is 0.0110. The van der Waals surface area contributed by atoms with Gasteiger partial charge in [-0.3, -0.25) is 0 Å². The Balaban J connectivity index is 2.62. The SMILES string of the molecule is CNc1ccc(F)cc1N1COCC(C(=O)OC)=C1C(=O)OC. The van der Waals surface area contributed by atoms with Crippen LogP contribution < -0.4 is 10.2 Å². The van der Waals surface area contributed by atoms with Gasteiger partial charge in [0.25, 0.3) is 0 Å². The van der Waals surface area contributed by atoms with Crippen molar-refractivity contribution in [3.05, 3.63) is 35.3 Å². The molecule has 0 radical (unpaired) electrons. The molecule has 23 heavy (non-hydrogen) atoms. The molecule has 0 bridgehead atoms. The second kappa shape index (κ2) is 7.10. The van der Waals surface area contributed by atoms with E-state index < -0.39 is 17.8 Å². The zero-order valence-corrected chi connectivity index (χ0v) is 13.0. The van der Waals surface area contributed by atoms with Gasteiger partial charge in [-0.05, 0) is 18.2 Å². The number of hydrogen-bond acceptors (Lipinski definition) is 7. The number of methoxy groups -OCH3 is 2. The molecule has 1 heterocycles. The lowest BCUT2D eigenvalue weighted by Crippen LogP contribution is -2.39. The number of nitrogens with one attached hydrogen (secondary N) is 1. The zero-order chi connectivity index (χ0) is 17.0. The van der Waals surface area contributed by atoms with Crippen molar-refractivity contribution in [2.45, 2.75) is 0 Å². The Bertz CT molecular complexity index is 659. The molecule has 8 heteroatoms. The smallest absolute Gasteiger partial charge is 0.355 e. The fourth-order valence-electron chi connectivity index (χ4n) is 2.27. The highest BCUT2D eigenvalue weighted by atomic mass is 19.1. The largest absolute Gasteiger partial charge is 0.466 e. The molecule has 2 rings (SSSR count). The first-order valence-corrected chi connectivity index (χ1v) is 6.75. The first-order valence-electron chi connectivity index (χ1n) is 6.75. The minimum atomic E-state index is -0.736. The van der Waals surface area contributed by atoms with Gasteiger partial charge < -0.3 is 24.4 Å². The lowest BCUT2D eigenvalue weighted by atomic mass is 10.1. The molecule has 1 aliphatic heterocycles. The van der Waals surface area contributed by atoms with Gasteiger partial charge in [0, 0.05) is 7.05 Å². The van der Waals surface area contributed by atoms with Crippen LogP contribution in [0.1, 0.15) is 0 Å². The van der Waals surface area contributed by atoms with E-state index in [0.717, 1.165) is 0 Å². The monoisotopic (exact) mass is 324 g/mol. The van der Waals surface area contributed by atoms with E-state index in [9.17, 15) is 14.0 Å². The van der Waals surface area contributed by atoms with Gasteiger partial charge in [0.15, 0.2) is 0 Å². The predicted molar refractivity (Wildman–Crippen MR) is 80.3 cm³/mol. The Labute approximate surface area is 132 Å². The summed E-state index contributed by atoms with van der Waals surface area (Å²) in [5.41, 5.74) is 0.876. The Kier molecular flexibility index (Phi) is 5.17. The second-order valence-corrected chi connectivity index (χ2v) is 4.63. The van der Waals surface area contributed by atoms with Crippen LogP contribution in [0, 0.1) is 5.82 Å². The van der Waals surface area contributed by atoms with Crippen LogP contribution in [0.5, 0.6) is 0 Å². The molecule has 124 valence electrons. The summed E-state index contributed by atoms with van der Waals surface area (Å²) in [5, 5.41) is 2.90. The highest BCUT2D eigenvalue weighted by molar-refractivity contribution is 6.04. The van der Waals surface area contributed by atoms with Crippen molar-refractivity contribution in [3.8, 4) is 0 Å². The van der Waals surface area contributed by atoms with Crippen molar-refractivity contribution in [3.63, 3.8) is 0 Å². The van der Waals surface area contributed by atoms with Crippen molar-refractivity contribution < 1.29 is 28.2 Å². The number of hydrogen-bond donors (Lipinski definition) is 1. The lowest BCUT2D eigenvalue weighted by Gasteiger charge is -2.32. The first-order chi connectivity index (χ1) is 11.0. The topological polar surface area (TPSA) is 77.1 Å². The van der Waals surface area contributed by atoms with Crippen LogP contribution in [0.4, 0.5) is 15.8 Å². The van der Waals surface area contributed by atoms with Gasteiger partial charge >= 0.3 is 11.9 Å². The van der Waals surface area contributed by atoms with Crippen LogP contribution >= 0.6 is 0 Å². The zero-order valence-electron chi connectivity index (χ0n) is 13.0. The molecule has 0 aromatic heterocycles. The molecule has 0 aliphatic carbocycles. The van der Waals surface area contributed by atoms with Crippen LogP contribution in [-0.4, -0.2) is 46.5 Å². The van der Waals surface area contributed by atoms with Gasteiger partial charge in [0.05, 0.1) is 37.8 Å². The summed E-state index contributed by atoms with van der Waals surface area (Å²) in [6, 6.07) is 4.03. The fraction of sp³-hybridized carbons (Fsp3) is 0.333. The number of nitrogens with zero attached hydrogens (tertiary/aromatic N) is 1. The highest BCUT2D eigenvalue weighted by Crippen LogP contribution is 2.33. The lowest BCUT2D eigenvalue weighted by molar-refractivity contribution is -0.140. The molecule has 1 aromatic carbocycles. The standard InChI is InChI=1S/C15H17FN2O5/c1-17-11-5-4-9(16)6-12(11)18-8-23-7-10(14(19)21-2)13(18)15(20)22-3/h4-6,17H,7-8H2,1-3H3. The van der Waals surface area contributed by atoms with E-state index in [1.165, 1.54) is 37.3 Å². The Morgan fingerprint density at radius 2 is 1.96 bits per heavy atom. The maximum atomic E-state index is 13.7. The molecule has 0 saturated carbocycles. The summed E-state index contributed by atoms with van der Waals surface area (Å²) < 4.78 is 28.4. The number of anilines is 2. The van der Waals surface area contributed by atoms with Gasteiger partial charge in [0.1, 0.15) is 18.2 Å². The van der Waals surface area contributed by atoms with Gasteiger partial charge in [-0.1, -0.05) is 0 Å². The molecule has 0 unspecified atom stereocenters. The molecule has 0 saturated heterocycles. The molecule has 7 nitrogen and oxygen atoms in total. The van der Waals surface area contributed by atoms with Crippen LogP contribution in [0.3, 0.4) is 0 Å². The third kappa shape index (κ3) is 3.26. The summed E-state index contributed by atoms with van der Waals surface area (Å²) in [6.45, 7) is -0.138. The number of esters is 2. The number of rotatable bonds is 4. The van der Waals surface area contributed by atoms with Crippen LogP contribution in [0.2, 0.25) is 0 Å². The summed E-state index contributed by atoms with van der Waals surface area (Å²) in [7, 11) is 4.05. The van der Waals surface area contributed by atoms with E-state index in [0.29, 0.717) is 11.4 Å². The van der Waals surface area contributed by atoms with E-state index in [4.69, 9.17) is 9.47 Å². The number of benzene rings is 1. The van der Waals surface area contributed by atoms with E-state index >= 15 is 0 Å². The van der Waals surface area contributed by atoms with Gasteiger partial charge in [-0.15, -0.1) is 0 Å². The fourth-order valence-corrected chi connectivity index (χ4v) is 2.27. The van der Waals surface area contributed by atoms with Crippen LogP contribution in [0.15, 0.2) is 29.5 Å². The van der Waals surface area contributed by atoms with Gasteiger partial charge in [-0.25, -0.2) is 14.0 Å². The quantitative estimate of drug-likeness (QED) is 0.836. The molecule has 1 N–H and O–H groups in total. The Hall–Kier alpha value is -2.61. The average Bonchev–Trinajstić information content (AvgIpc) is 2.59. The van der Waals surface area contributed by atoms with Crippen LogP contribution in [-0.2, 0) is 23.8 Å². The van der Waals surface area contributed by atoms with Crippen molar-refractivity contribution >= 4 is 23.3 Å². The van der Waals surface area contributed by atoms with Crippen LogP contribution in [0.25, 0.3) is 0 Å². The molecular weight excluding hydrogens is 307 g/mol. The van der Waals surface area contributed by atoms with Crippen molar-refractivity contribution in [1.29, 1.82) is 0 Å². The third-order valence-corrected chi connectivity index (χ3v) is 3.35. The number of carbonyl (C=O) groups excluding carboxylic acids is 2. The first kappa shape index (κ1) is 16.8. The summed E-state index contributed by atoms with van der Waals surface area (Å²) in [6.07, 6.45) is 0. The number of halogens is 1. The van der Waals surface area contributed by atoms with Crippen molar-refractivity contribution in [2.75, 3.05) is 44.8 Å². The van der Waals surface area contributed by atoms with E-state index in [2.05, 4.69) is 10.1 Å². The van der Waals surface area contributed by atoms with E-state index in [1.807, 2.05) is 0 Å². The molecule has 1 aromatic rings. The maximum absolute atomic E-state index is 13.7. The summed E-state index contributed by atoms with van der Waals surface area (Å²) >= 11 is 0. The summed E-state index contributed by atoms with van der Waals surface area (Å²) in [4.78, 5) is 25.4. The summed E-state index contributed by atoms with van der Waals surface area (Å²) in [5.74, 6) is -1.94. The van der Waals surface area contributed by atoms with Gasteiger partial charge in [-0.2, -0.15) is 0 Å². The van der Waals surface area contributed by atoms with Crippen molar-refractivity contribution in [2.24, 2.45) is 0 Å². The number of carbonyl (C=O) groups is 2. The molecular formula is C15H17FN2O5. The predicted octanol–water partition coefficient (Wildman–Crippen LogP) is 1.26. The maximum Gasteiger partial charge on any atom is 0.355 e. The van der Waals surface area contributed by atoms with E-state index in [1.54, 1.807) is 7.05 Å². The normalized spacial score (nSPS) is 14.5. The average molecular weight is 324 g/mol. The van der Waals surface area contributed by atoms with E-state index in [-0.39, 0.29) is 24.6 Å². The third-order valence-electron chi connectivity index (χ3n) is 3.35.